The van der Waals surface area contributed by atoms with Crippen LogP contribution in [0.5, 0.6) is 0 Å². The van der Waals surface area contributed by atoms with Crippen LogP contribution in [0.1, 0.15) is 12.0 Å². The van der Waals surface area contributed by atoms with Crippen LogP contribution in [0.4, 0.5) is 18.9 Å². The Labute approximate surface area is 127 Å². The minimum Gasteiger partial charge on any atom is -0.464 e. The van der Waals surface area contributed by atoms with E-state index in [1.165, 1.54) is 0 Å². The van der Waals surface area contributed by atoms with E-state index in [9.17, 15) is 28.1 Å². The number of benzene rings is 1. The van der Waals surface area contributed by atoms with Gasteiger partial charge in [-0.05, 0) is 12.1 Å². The van der Waals surface area contributed by atoms with Gasteiger partial charge in [-0.1, -0.05) is 0 Å². The second kappa shape index (κ2) is 7.65. The maximum Gasteiger partial charge on any atom is 0.416 e. The number of carbonyl (C=O) groups is 1. The highest BCUT2D eigenvalue weighted by Gasteiger charge is 2.33. The molecule has 0 unspecified atom stereocenters. The van der Waals surface area contributed by atoms with Crippen molar-refractivity contribution in [2.45, 2.75) is 17.5 Å². The summed E-state index contributed by atoms with van der Waals surface area (Å²) >= 11 is 0.694. The first kappa shape index (κ1) is 17.8. The number of rotatable bonds is 6. The van der Waals surface area contributed by atoms with Crippen molar-refractivity contribution < 1.29 is 27.6 Å². The molecule has 1 aromatic carbocycles. The highest BCUT2D eigenvalue weighted by atomic mass is 32.2. The SMILES string of the molecule is N#CCCOC(=O)CSc1ccc(C(F)(F)F)cc1[N+](=O)[O-]. The maximum atomic E-state index is 12.5. The summed E-state index contributed by atoms with van der Waals surface area (Å²) in [6.45, 7) is -0.106. The van der Waals surface area contributed by atoms with E-state index in [2.05, 4.69) is 4.74 Å². The van der Waals surface area contributed by atoms with Crippen LogP contribution >= 0.6 is 11.8 Å². The summed E-state index contributed by atoms with van der Waals surface area (Å²) in [5.41, 5.74) is -1.87. The summed E-state index contributed by atoms with van der Waals surface area (Å²) in [5, 5.41) is 19.1. The molecule has 118 valence electrons. The predicted octanol–water partition coefficient (Wildman–Crippen LogP) is 3.16. The minimum atomic E-state index is -4.69. The molecule has 0 bridgehead atoms. The Balaban J connectivity index is 2.81. The largest absolute Gasteiger partial charge is 0.464 e. The fourth-order valence-electron chi connectivity index (χ4n) is 1.35. The van der Waals surface area contributed by atoms with E-state index in [-0.39, 0.29) is 23.7 Å². The van der Waals surface area contributed by atoms with E-state index in [4.69, 9.17) is 5.26 Å². The third kappa shape index (κ3) is 5.25. The van der Waals surface area contributed by atoms with E-state index in [0.29, 0.717) is 23.9 Å². The van der Waals surface area contributed by atoms with Crippen LogP contribution in [0, 0.1) is 21.4 Å². The molecule has 1 aromatic rings. The molecule has 0 aliphatic heterocycles. The highest BCUT2D eigenvalue weighted by Crippen LogP contribution is 2.36. The number of hydrogen-bond donors (Lipinski definition) is 0. The van der Waals surface area contributed by atoms with Gasteiger partial charge >= 0.3 is 12.1 Å². The number of nitrogens with zero attached hydrogens (tertiary/aromatic N) is 2. The van der Waals surface area contributed by atoms with E-state index in [1.54, 1.807) is 6.07 Å². The number of hydrogen-bond acceptors (Lipinski definition) is 6. The number of alkyl halides is 3. The van der Waals surface area contributed by atoms with Gasteiger partial charge in [-0.3, -0.25) is 14.9 Å². The topological polar surface area (TPSA) is 93.2 Å². The predicted molar refractivity (Wildman–Crippen MR) is 70.0 cm³/mol. The van der Waals surface area contributed by atoms with E-state index >= 15 is 0 Å². The number of ether oxygens (including phenoxy) is 1. The van der Waals surface area contributed by atoms with Gasteiger partial charge in [-0.25, -0.2) is 0 Å². The van der Waals surface area contributed by atoms with E-state index in [0.717, 1.165) is 6.07 Å². The summed E-state index contributed by atoms with van der Waals surface area (Å²) in [4.78, 5) is 21.1. The molecule has 22 heavy (non-hydrogen) atoms. The van der Waals surface area contributed by atoms with E-state index < -0.39 is 28.3 Å². The molecular formula is C12H9F3N2O4S. The van der Waals surface area contributed by atoms with Gasteiger partial charge in [-0.15, -0.1) is 11.8 Å². The number of nitro benzene ring substituents is 1. The second-order valence-corrected chi connectivity index (χ2v) is 4.87. The molecule has 0 amide bonds. The Kier molecular flexibility index (Phi) is 6.18. The molecule has 0 fully saturated rings. The van der Waals surface area contributed by atoms with Crippen molar-refractivity contribution in [1.82, 2.24) is 0 Å². The molecular weight excluding hydrogens is 325 g/mol. The standard InChI is InChI=1S/C12H9F3N2O4S/c13-12(14,15)8-2-3-10(9(6-8)17(19)20)22-7-11(18)21-5-1-4-16/h2-3,6H,1,5,7H2. The lowest BCUT2D eigenvalue weighted by atomic mass is 10.2. The molecule has 0 aliphatic carbocycles. The zero-order valence-corrected chi connectivity index (χ0v) is 11.7. The number of carbonyl (C=O) groups excluding carboxylic acids is 1. The monoisotopic (exact) mass is 334 g/mol. The lowest BCUT2D eigenvalue weighted by Crippen LogP contribution is -2.09. The van der Waals surface area contributed by atoms with E-state index in [1.807, 2.05) is 0 Å². The van der Waals surface area contributed by atoms with Crippen LogP contribution in [-0.4, -0.2) is 23.3 Å². The normalized spacial score (nSPS) is 10.8. The molecule has 0 saturated heterocycles. The Morgan fingerprint density at radius 1 is 1.45 bits per heavy atom. The van der Waals surface area contributed by atoms with Gasteiger partial charge in [0.15, 0.2) is 0 Å². The van der Waals surface area contributed by atoms with Crippen LogP contribution in [0.3, 0.4) is 0 Å². The number of nitro groups is 1. The third-order valence-electron chi connectivity index (χ3n) is 2.31. The second-order valence-electron chi connectivity index (χ2n) is 3.85. The van der Waals surface area contributed by atoms with Crippen LogP contribution in [-0.2, 0) is 15.7 Å². The van der Waals surface area contributed by atoms with Crippen LogP contribution in [0.15, 0.2) is 23.1 Å². The molecule has 10 heteroatoms. The zero-order valence-electron chi connectivity index (χ0n) is 10.9. The van der Waals surface area contributed by atoms with Crippen molar-refractivity contribution in [3.63, 3.8) is 0 Å². The first-order valence-electron chi connectivity index (χ1n) is 5.76. The molecule has 0 spiro atoms. The van der Waals surface area contributed by atoms with Crippen molar-refractivity contribution in [3.8, 4) is 6.07 Å². The number of halogens is 3. The van der Waals surface area contributed by atoms with Crippen LogP contribution < -0.4 is 0 Å². The van der Waals surface area contributed by atoms with Crippen molar-refractivity contribution >= 4 is 23.4 Å². The van der Waals surface area contributed by atoms with Gasteiger partial charge in [0.05, 0.1) is 33.6 Å². The highest BCUT2D eigenvalue weighted by molar-refractivity contribution is 8.00. The Bertz CT molecular complexity index is 613. The molecule has 0 aromatic heterocycles. The van der Waals surface area contributed by atoms with Gasteiger partial charge in [-0.2, -0.15) is 18.4 Å². The zero-order chi connectivity index (χ0) is 16.8. The molecule has 1 rings (SSSR count). The smallest absolute Gasteiger partial charge is 0.416 e. The Morgan fingerprint density at radius 3 is 2.68 bits per heavy atom. The molecule has 0 saturated carbocycles. The summed E-state index contributed by atoms with van der Waals surface area (Å²) in [5.74, 6) is -1.02. The lowest BCUT2D eigenvalue weighted by Gasteiger charge is -2.08. The molecule has 0 radical (unpaired) electrons. The van der Waals surface area contributed by atoms with Crippen molar-refractivity contribution in [3.05, 3.63) is 33.9 Å². The van der Waals surface area contributed by atoms with Gasteiger partial charge in [0, 0.05) is 6.07 Å². The molecule has 0 heterocycles. The average Bonchev–Trinajstić information content (AvgIpc) is 2.44. The average molecular weight is 334 g/mol. The fourth-order valence-corrected chi connectivity index (χ4v) is 2.15. The number of esters is 1. The minimum absolute atomic E-state index is 0.0107. The Morgan fingerprint density at radius 2 is 2.14 bits per heavy atom. The Hall–Kier alpha value is -2.28. The van der Waals surface area contributed by atoms with Gasteiger partial charge in [0.1, 0.15) is 6.61 Å². The van der Waals surface area contributed by atoms with Crippen LogP contribution in [0.2, 0.25) is 0 Å². The molecule has 6 nitrogen and oxygen atoms in total. The fraction of sp³-hybridized carbons (Fsp3) is 0.333. The first-order chi connectivity index (χ1) is 10.3. The van der Waals surface area contributed by atoms with Gasteiger partial charge in [0.25, 0.3) is 5.69 Å². The van der Waals surface area contributed by atoms with Gasteiger partial charge < -0.3 is 4.74 Å². The lowest BCUT2D eigenvalue weighted by molar-refractivity contribution is -0.388. The maximum absolute atomic E-state index is 12.5. The third-order valence-corrected chi connectivity index (χ3v) is 3.34. The summed E-state index contributed by atoms with van der Waals surface area (Å²) in [7, 11) is 0. The van der Waals surface area contributed by atoms with Crippen LogP contribution in [0.25, 0.3) is 0 Å². The van der Waals surface area contributed by atoms with Crippen molar-refractivity contribution in [2.24, 2.45) is 0 Å². The molecule has 0 aliphatic rings. The van der Waals surface area contributed by atoms with Crippen molar-refractivity contribution in [1.29, 1.82) is 5.26 Å². The first-order valence-corrected chi connectivity index (χ1v) is 6.75. The summed E-state index contributed by atoms with van der Waals surface area (Å²) in [6.07, 6.45) is -4.68. The summed E-state index contributed by atoms with van der Waals surface area (Å²) < 4.78 is 42.2. The molecule has 0 atom stereocenters. The number of thioether (sulfide) groups is 1. The molecule has 0 N–H and O–H groups in total. The summed E-state index contributed by atoms with van der Waals surface area (Å²) in [6, 6.07) is 3.82. The number of nitriles is 1. The van der Waals surface area contributed by atoms with Crippen molar-refractivity contribution in [2.75, 3.05) is 12.4 Å². The van der Waals surface area contributed by atoms with Gasteiger partial charge in [0.2, 0.25) is 0 Å². The quantitative estimate of drug-likeness (QED) is 0.261.